The summed E-state index contributed by atoms with van der Waals surface area (Å²) in [7, 11) is 0. The van der Waals surface area contributed by atoms with Crippen molar-refractivity contribution in [2.75, 3.05) is 24.6 Å². The second-order valence-electron chi connectivity index (χ2n) is 4.17. The number of aromatic nitrogens is 1. The molecule has 1 aromatic rings. The number of rotatable bonds is 2. The Morgan fingerprint density at radius 3 is 3.00 bits per heavy atom. The van der Waals surface area contributed by atoms with E-state index in [1.165, 1.54) is 0 Å². The van der Waals surface area contributed by atoms with Crippen LogP contribution < -0.4 is 10.6 Å². The minimum absolute atomic E-state index is 0.0103. The molecule has 2 unspecified atom stereocenters. The molecule has 0 bridgehead atoms. The molecule has 0 amide bonds. The Kier molecular flexibility index (Phi) is 4.09. The van der Waals surface area contributed by atoms with Crippen LogP contribution in [0.5, 0.6) is 0 Å². The van der Waals surface area contributed by atoms with Gasteiger partial charge in [-0.05, 0) is 13.0 Å². The highest BCUT2D eigenvalue weighted by molar-refractivity contribution is 6.36. The number of nitrogens with zero attached hydrogens (tertiary/aromatic N) is 2. The van der Waals surface area contributed by atoms with Crippen molar-refractivity contribution in [3.8, 4) is 0 Å². The number of ether oxygens (including phenoxy) is 1. The summed E-state index contributed by atoms with van der Waals surface area (Å²) in [4.78, 5) is 6.34. The lowest BCUT2D eigenvalue weighted by molar-refractivity contribution is 0.0273. The topological polar surface area (TPSA) is 51.4 Å². The molecule has 0 radical (unpaired) electrons. The average Bonchev–Trinajstić information content (AvgIpc) is 2.29. The first kappa shape index (κ1) is 12.9. The predicted molar refractivity (Wildman–Crippen MR) is 69.9 cm³/mol. The van der Waals surface area contributed by atoms with Crippen LogP contribution in [0.15, 0.2) is 12.3 Å². The van der Waals surface area contributed by atoms with Gasteiger partial charge in [-0.15, -0.1) is 0 Å². The van der Waals surface area contributed by atoms with Gasteiger partial charge in [0.1, 0.15) is 5.82 Å². The standard InChI is InChI=1S/C11H15Cl2N3O/c1-7(14)10-6-16(2-3-17-10)11-9(13)4-8(12)5-15-11/h4-5,7,10H,2-3,6,14H2,1H3. The van der Waals surface area contributed by atoms with Crippen molar-refractivity contribution in [1.29, 1.82) is 0 Å². The molecule has 1 fully saturated rings. The van der Waals surface area contributed by atoms with E-state index in [4.69, 9.17) is 33.7 Å². The maximum absolute atomic E-state index is 6.13. The van der Waals surface area contributed by atoms with Crippen molar-refractivity contribution in [3.63, 3.8) is 0 Å². The van der Waals surface area contributed by atoms with Crippen LogP contribution >= 0.6 is 23.2 Å². The molecule has 1 aromatic heterocycles. The Bertz CT molecular complexity index is 400. The monoisotopic (exact) mass is 275 g/mol. The molecule has 0 aromatic carbocycles. The molecule has 2 N–H and O–H groups in total. The lowest BCUT2D eigenvalue weighted by atomic mass is 10.1. The van der Waals surface area contributed by atoms with Gasteiger partial charge in [0.15, 0.2) is 0 Å². The average molecular weight is 276 g/mol. The van der Waals surface area contributed by atoms with Gasteiger partial charge in [0, 0.05) is 25.3 Å². The SMILES string of the molecule is CC(N)C1CN(c2ncc(Cl)cc2Cl)CCO1. The third kappa shape index (κ3) is 3.01. The molecule has 2 heterocycles. The van der Waals surface area contributed by atoms with E-state index in [2.05, 4.69) is 9.88 Å². The summed E-state index contributed by atoms with van der Waals surface area (Å²) in [6.45, 7) is 4.03. The third-order valence-electron chi connectivity index (χ3n) is 2.77. The van der Waals surface area contributed by atoms with Crippen LogP contribution in [0, 0.1) is 0 Å². The molecule has 6 heteroatoms. The van der Waals surface area contributed by atoms with Gasteiger partial charge in [-0.1, -0.05) is 23.2 Å². The van der Waals surface area contributed by atoms with Gasteiger partial charge in [-0.25, -0.2) is 4.98 Å². The summed E-state index contributed by atoms with van der Waals surface area (Å²) in [6.07, 6.45) is 1.61. The summed E-state index contributed by atoms with van der Waals surface area (Å²) < 4.78 is 5.59. The molecular formula is C11H15Cl2N3O. The number of morpholine rings is 1. The van der Waals surface area contributed by atoms with Gasteiger partial charge in [0.25, 0.3) is 0 Å². The number of nitrogens with two attached hydrogens (primary N) is 1. The molecule has 17 heavy (non-hydrogen) atoms. The van der Waals surface area contributed by atoms with E-state index in [1.54, 1.807) is 12.3 Å². The second kappa shape index (κ2) is 5.40. The first-order valence-electron chi connectivity index (χ1n) is 5.51. The van der Waals surface area contributed by atoms with Crippen LogP contribution in [-0.2, 0) is 4.74 Å². The van der Waals surface area contributed by atoms with Gasteiger partial charge < -0.3 is 15.4 Å². The van der Waals surface area contributed by atoms with Crippen LogP contribution in [0.3, 0.4) is 0 Å². The van der Waals surface area contributed by atoms with E-state index in [0.717, 1.165) is 12.4 Å². The fraction of sp³-hybridized carbons (Fsp3) is 0.545. The maximum Gasteiger partial charge on any atom is 0.147 e. The second-order valence-corrected chi connectivity index (χ2v) is 5.02. The first-order chi connectivity index (χ1) is 8.08. The highest BCUT2D eigenvalue weighted by atomic mass is 35.5. The molecule has 1 aliphatic heterocycles. The van der Waals surface area contributed by atoms with E-state index in [1.807, 2.05) is 6.92 Å². The number of anilines is 1. The fourth-order valence-electron chi connectivity index (χ4n) is 1.83. The van der Waals surface area contributed by atoms with Gasteiger partial charge in [0.05, 0.1) is 22.8 Å². The van der Waals surface area contributed by atoms with Crippen LogP contribution in [0.1, 0.15) is 6.92 Å². The van der Waals surface area contributed by atoms with E-state index in [-0.39, 0.29) is 12.1 Å². The zero-order valence-corrected chi connectivity index (χ0v) is 11.1. The number of halogens is 2. The van der Waals surface area contributed by atoms with E-state index in [0.29, 0.717) is 23.2 Å². The number of hydrogen-bond acceptors (Lipinski definition) is 4. The highest BCUT2D eigenvalue weighted by Crippen LogP contribution is 2.27. The summed E-state index contributed by atoms with van der Waals surface area (Å²) >= 11 is 12.0. The molecule has 1 aliphatic rings. The Hall–Kier alpha value is -0.550. The van der Waals surface area contributed by atoms with Crippen LogP contribution in [-0.4, -0.2) is 36.8 Å². The largest absolute Gasteiger partial charge is 0.373 e. The van der Waals surface area contributed by atoms with Crippen LogP contribution in [0.4, 0.5) is 5.82 Å². The van der Waals surface area contributed by atoms with Gasteiger partial charge in [-0.3, -0.25) is 0 Å². The maximum atomic E-state index is 6.13. The molecule has 0 aliphatic carbocycles. The summed E-state index contributed by atoms with van der Waals surface area (Å²) in [5.74, 6) is 0.741. The fourth-order valence-corrected chi connectivity index (χ4v) is 2.33. The molecule has 2 rings (SSSR count). The zero-order valence-electron chi connectivity index (χ0n) is 9.57. The van der Waals surface area contributed by atoms with Crippen LogP contribution in [0.25, 0.3) is 0 Å². The molecule has 2 atom stereocenters. The van der Waals surface area contributed by atoms with Gasteiger partial charge in [0.2, 0.25) is 0 Å². The number of hydrogen-bond donors (Lipinski definition) is 1. The molecule has 1 saturated heterocycles. The molecule has 0 spiro atoms. The van der Waals surface area contributed by atoms with Crippen molar-refractivity contribution in [2.45, 2.75) is 19.1 Å². The summed E-state index contributed by atoms with van der Waals surface area (Å²) in [5, 5.41) is 1.10. The van der Waals surface area contributed by atoms with E-state index >= 15 is 0 Å². The Labute approximate surface area is 111 Å². The predicted octanol–water partition coefficient (Wildman–Crippen LogP) is 1.94. The lowest BCUT2D eigenvalue weighted by Crippen LogP contribution is -2.49. The molecule has 4 nitrogen and oxygen atoms in total. The lowest BCUT2D eigenvalue weighted by Gasteiger charge is -2.35. The van der Waals surface area contributed by atoms with Crippen molar-refractivity contribution in [3.05, 3.63) is 22.3 Å². The van der Waals surface area contributed by atoms with E-state index < -0.39 is 0 Å². The highest BCUT2D eigenvalue weighted by Gasteiger charge is 2.25. The van der Waals surface area contributed by atoms with Gasteiger partial charge in [-0.2, -0.15) is 0 Å². The Morgan fingerprint density at radius 2 is 2.35 bits per heavy atom. The minimum Gasteiger partial charge on any atom is -0.373 e. The minimum atomic E-state index is -0.0103. The van der Waals surface area contributed by atoms with Crippen molar-refractivity contribution >= 4 is 29.0 Å². The smallest absolute Gasteiger partial charge is 0.147 e. The van der Waals surface area contributed by atoms with E-state index in [9.17, 15) is 0 Å². The van der Waals surface area contributed by atoms with Gasteiger partial charge >= 0.3 is 0 Å². The Morgan fingerprint density at radius 1 is 1.59 bits per heavy atom. The third-order valence-corrected chi connectivity index (χ3v) is 3.25. The molecule has 0 saturated carbocycles. The Balaban J connectivity index is 2.16. The van der Waals surface area contributed by atoms with Crippen molar-refractivity contribution in [2.24, 2.45) is 5.73 Å². The normalized spacial score (nSPS) is 22.6. The molecular weight excluding hydrogens is 261 g/mol. The summed E-state index contributed by atoms with van der Waals surface area (Å²) in [6, 6.07) is 1.69. The molecule has 94 valence electrons. The quantitative estimate of drug-likeness (QED) is 0.897. The summed E-state index contributed by atoms with van der Waals surface area (Å²) in [5.41, 5.74) is 5.84. The van der Waals surface area contributed by atoms with Crippen LogP contribution in [0.2, 0.25) is 10.0 Å². The van der Waals surface area contributed by atoms with Crippen molar-refractivity contribution in [1.82, 2.24) is 4.98 Å². The first-order valence-corrected chi connectivity index (χ1v) is 6.26. The van der Waals surface area contributed by atoms with Crippen molar-refractivity contribution < 1.29 is 4.74 Å². The zero-order chi connectivity index (χ0) is 12.4. The number of pyridine rings is 1.